The molecule has 0 aromatic rings. The van der Waals surface area contributed by atoms with Gasteiger partial charge in [-0.05, 0) is 20.9 Å². The summed E-state index contributed by atoms with van der Waals surface area (Å²) in [6.45, 7) is 2.93. The van der Waals surface area contributed by atoms with Crippen molar-refractivity contribution in [2.75, 3.05) is 20.6 Å². The SMILES string of the molecule is CNC(C)C(=O)OCOC(=O)C(C)NC(=O)OCOC(C)=O.[I][V]([I])[I]. The van der Waals surface area contributed by atoms with E-state index in [1.807, 2.05) is 0 Å². The molecule has 0 saturated heterocycles. The Morgan fingerprint density at radius 2 is 1.31 bits per heavy atom. The van der Waals surface area contributed by atoms with Gasteiger partial charge >= 0.3 is 88.9 Å². The quantitative estimate of drug-likeness (QED) is 0.217. The molecule has 0 saturated carbocycles. The average Bonchev–Trinajstić information content (AvgIpc) is 2.52. The van der Waals surface area contributed by atoms with Crippen molar-refractivity contribution < 1.29 is 43.0 Å². The second-order valence-electron chi connectivity index (χ2n) is 4.30. The number of esters is 3. The molecule has 26 heavy (non-hydrogen) atoms. The van der Waals surface area contributed by atoms with Crippen molar-refractivity contribution in [1.29, 1.82) is 0 Å². The Kier molecular flexibility index (Phi) is 19.3. The average molecular weight is 752 g/mol. The summed E-state index contributed by atoms with van der Waals surface area (Å²) < 4.78 is 18.2. The standard InChI is InChI=1S/C12H20N2O8.3HI.V/c1-7(13-4)10(16)20-6-21-11(17)8(2)14-12(18)22-5-19-9(3)15;;;;/h7-8,13H,5-6H2,1-4H3,(H,14,18);3*1H;/q;;;;+3/p-3. The molecular weight excluding hydrogens is 732 g/mol. The molecule has 0 rings (SSSR count). The number of ether oxygens (including phenoxy) is 4. The second-order valence-corrected chi connectivity index (χ2v) is 39.7. The van der Waals surface area contributed by atoms with Crippen molar-refractivity contribution in [1.82, 2.24) is 10.6 Å². The molecule has 0 aliphatic heterocycles. The first kappa shape index (κ1) is 28.6. The topological polar surface area (TPSA) is 129 Å². The first-order chi connectivity index (χ1) is 12.0. The molecule has 14 heteroatoms. The zero-order valence-corrected chi connectivity index (χ0v) is 22.3. The van der Waals surface area contributed by atoms with Gasteiger partial charge in [-0.25, -0.2) is 9.59 Å². The minimum absolute atomic E-state index is 0.278. The number of halogens is 3. The van der Waals surface area contributed by atoms with E-state index in [2.05, 4.69) is 89.5 Å². The number of carbonyl (C=O) groups is 4. The van der Waals surface area contributed by atoms with Gasteiger partial charge in [-0.1, -0.05) is 0 Å². The Morgan fingerprint density at radius 1 is 0.885 bits per heavy atom. The van der Waals surface area contributed by atoms with Gasteiger partial charge in [0, 0.05) is 6.92 Å². The number of alkyl carbamates (subject to hydrolysis) is 1. The molecule has 0 aromatic carbocycles. The van der Waals surface area contributed by atoms with Gasteiger partial charge < -0.3 is 29.6 Å². The molecule has 0 aliphatic rings. The summed E-state index contributed by atoms with van der Waals surface area (Å²) >= 11 is 7.39. The molecule has 152 valence electrons. The van der Waals surface area contributed by atoms with Crippen LogP contribution < -0.4 is 10.6 Å². The summed E-state index contributed by atoms with van der Waals surface area (Å²) in [5, 5.41) is 4.80. The minimum atomic E-state index is -1.04. The third kappa shape index (κ3) is 19.2. The monoisotopic (exact) mass is 752 g/mol. The van der Waals surface area contributed by atoms with Gasteiger partial charge in [0.05, 0.1) is 0 Å². The normalized spacial score (nSPS) is 12.0. The fourth-order valence-corrected chi connectivity index (χ4v) is 0.957. The predicted octanol–water partition coefficient (Wildman–Crippen LogP) is 1.93. The first-order valence-electron chi connectivity index (χ1n) is 6.85. The van der Waals surface area contributed by atoms with Crippen molar-refractivity contribution in [2.24, 2.45) is 0 Å². The molecular formula is C12H20I3N2O8V. The number of nitrogens with one attached hydrogen (secondary N) is 2. The van der Waals surface area contributed by atoms with Crippen LogP contribution in [0.4, 0.5) is 4.79 Å². The maximum absolute atomic E-state index is 11.5. The van der Waals surface area contributed by atoms with E-state index in [0.29, 0.717) is 0 Å². The molecule has 1 amide bonds. The molecule has 2 N–H and O–H groups in total. The van der Waals surface area contributed by atoms with Crippen LogP contribution in [0.3, 0.4) is 0 Å². The molecule has 0 bridgehead atoms. The van der Waals surface area contributed by atoms with Crippen LogP contribution in [0.1, 0.15) is 20.8 Å². The maximum atomic E-state index is 11.5. The number of likely N-dealkylation sites (N-methyl/N-ethyl adjacent to an activating group) is 1. The molecule has 0 fully saturated rings. The van der Waals surface area contributed by atoms with Gasteiger partial charge in [-0.15, -0.1) is 0 Å². The van der Waals surface area contributed by atoms with Crippen LogP contribution in [0.15, 0.2) is 0 Å². The Balaban J connectivity index is 0. The Hall–Kier alpha value is 0.414. The van der Waals surface area contributed by atoms with Gasteiger partial charge in [0.1, 0.15) is 12.1 Å². The fraction of sp³-hybridized carbons (Fsp3) is 0.667. The summed E-state index contributed by atoms with van der Waals surface area (Å²) in [6, 6.07) is -1.57. The van der Waals surface area contributed by atoms with Gasteiger partial charge in [0.15, 0.2) is 0 Å². The Labute approximate surface area is 189 Å². The van der Waals surface area contributed by atoms with Crippen molar-refractivity contribution in [2.45, 2.75) is 32.9 Å². The van der Waals surface area contributed by atoms with Crippen LogP contribution in [-0.4, -0.2) is 56.7 Å². The molecule has 2 atom stereocenters. The van der Waals surface area contributed by atoms with Crippen molar-refractivity contribution >= 4 is 83.9 Å². The van der Waals surface area contributed by atoms with Gasteiger partial charge in [-0.2, -0.15) is 0 Å². The number of hydrogen-bond acceptors (Lipinski definition) is 9. The summed E-state index contributed by atoms with van der Waals surface area (Å²) in [5.41, 5.74) is 0. The molecule has 0 radical (unpaired) electrons. The van der Waals surface area contributed by atoms with Crippen LogP contribution in [0, 0.1) is 0 Å². The van der Waals surface area contributed by atoms with E-state index in [4.69, 9.17) is 0 Å². The zero-order chi connectivity index (χ0) is 20.7. The molecule has 10 nitrogen and oxygen atoms in total. The van der Waals surface area contributed by atoms with E-state index in [1.165, 1.54) is 6.92 Å². The van der Waals surface area contributed by atoms with E-state index in [0.717, 1.165) is 6.92 Å². The van der Waals surface area contributed by atoms with E-state index in [1.54, 1.807) is 14.0 Å². The number of amides is 1. The van der Waals surface area contributed by atoms with E-state index >= 15 is 0 Å². The van der Waals surface area contributed by atoms with Crippen LogP contribution in [-0.2, 0) is 38.3 Å². The van der Waals surface area contributed by atoms with Crippen molar-refractivity contribution in [3.8, 4) is 0 Å². The number of hydrogen-bond donors (Lipinski definition) is 2. The predicted molar refractivity (Wildman–Crippen MR) is 113 cm³/mol. The summed E-state index contributed by atoms with van der Waals surface area (Å²) in [7, 11) is 1.57. The fourth-order valence-electron chi connectivity index (χ4n) is 0.957. The van der Waals surface area contributed by atoms with Crippen molar-refractivity contribution in [3.63, 3.8) is 0 Å². The number of carbonyl (C=O) groups excluding carboxylic acids is 4. The Bertz CT molecular complexity index is 467. The second kappa shape index (κ2) is 17.5. The Morgan fingerprint density at radius 3 is 1.73 bits per heavy atom. The summed E-state index contributed by atoms with van der Waals surface area (Å²) in [4.78, 5) is 44.2. The van der Waals surface area contributed by atoms with Crippen LogP contribution >= 0.6 is 59.9 Å². The van der Waals surface area contributed by atoms with Crippen LogP contribution in [0.5, 0.6) is 0 Å². The third-order valence-corrected chi connectivity index (χ3v) is 2.33. The van der Waals surface area contributed by atoms with Crippen LogP contribution in [0.25, 0.3) is 0 Å². The molecule has 0 aliphatic carbocycles. The molecule has 0 spiro atoms. The van der Waals surface area contributed by atoms with Gasteiger partial charge in [0.2, 0.25) is 13.6 Å². The van der Waals surface area contributed by atoms with E-state index in [9.17, 15) is 19.2 Å². The molecule has 0 heterocycles. The van der Waals surface area contributed by atoms with Gasteiger partial charge in [-0.3, -0.25) is 9.59 Å². The number of rotatable bonds is 8. The van der Waals surface area contributed by atoms with Crippen molar-refractivity contribution in [3.05, 3.63) is 0 Å². The van der Waals surface area contributed by atoms with Crippen LogP contribution in [0.2, 0.25) is 0 Å². The third-order valence-electron chi connectivity index (χ3n) is 2.33. The first-order valence-corrected chi connectivity index (χ1v) is 20.4. The molecule has 2 unspecified atom stereocenters. The van der Waals surface area contributed by atoms with E-state index in [-0.39, 0.29) is 4.92 Å². The summed E-state index contributed by atoms with van der Waals surface area (Å²) in [5.74, 6) is -2.02. The van der Waals surface area contributed by atoms with E-state index < -0.39 is 49.7 Å². The summed E-state index contributed by atoms with van der Waals surface area (Å²) in [6.07, 6.45) is -0.966. The van der Waals surface area contributed by atoms with Gasteiger partial charge in [0.25, 0.3) is 0 Å². The molecule has 0 aromatic heterocycles. The zero-order valence-electron chi connectivity index (χ0n) is 14.4.